The highest BCUT2D eigenvalue weighted by atomic mass is 16.5. The average Bonchev–Trinajstić information content (AvgIpc) is 2.38. The minimum absolute atomic E-state index is 0.417. The van der Waals surface area contributed by atoms with E-state index in [2.05, 4.69) is 9.97 Å². The predicted molar refractivity (Wildman–Crippen MR) is 66.6 cm³/mol. The lowest BCUT2D eigenvalue weighted by Gasteiger charge is -2.06. The molecule has 2 rings (SSSR count). The first-order valence-electron chi connectivity index (χ1n) is 5.42. The van der Waals surface area contributed by atoms with Crippen molar-refractivity contribution in [3.8, 4) is 17.1 Å². The normalized spacial score (nSPS) is 10.3. The van der Waals surface area contributed by atoms with Crippen LogP contribution in [-0.2, 0) is 6.54 Å². The van der Waals surface area contributed by atoms with E-state index in [4.69, 9.17) is 10.5 Å². The maximum Gasteiger partial charge on any atom is 0.159 e. The summed E-state index contributed by atoms with van der Waals surface area (Å²) >= 11 is 0. The number of benzene rings is 1. The van der Waals surface area contributed by atoms with Crippen molar-refractivity contribution in [1.82, 2.24) is 9.97 Å². The van der Waals surface area contributed by atoms with Crippen LogP contribution in [0.4, 0.5) is 0 Å². The molecule has 0 spiro atoms. The first-order chi connectivity index (χ1) is 8.22. The fourth-order valence-corrected chi connectivity index (χ4v) is 1.63. The van der Waals surface area contributed by atoms with Crippen LogP contribution in [0, 0.1) is 6.92 Å². The molecule has 0 aliphatic heterocycles. The van der Waals surface area contributed by atoms with Crippen LogP contribution in [0.3, 0.4) is 0 Å². The first kappa shape index (κ1) is 11.5. The van der Waals surface area contributed by atoms with Crippen molar-refractivity contribution in [2.24, 2.45) is 5.73 Å². The summed E-state index contributed by atoms with van der Waals surface area (Å²) in [5, 5.41) is 0. The Hall–Kier alpha value is -1.94. The Kier molecular flexibility index (Phi) is 3.35. The fraction of sp³-hybridized carbons (Fsp3) is 0.231. The van der Waals surface area contributed by atoms with Crippen LogP contribution in [0.15, 0.2) is 30.3 Å². The number of methoxy groups -OCH3 is 1. The summed E-state index contributed by atoms with van der Waals surface area (Å²) in [6.07, 6.45) is 0. The Morgan fingerprint density at radius 1 is 1.24 bits per heavy atom. The number of hydrogen-bond donors (Lipinski definition) is 1. The molecule has 4 heteroatoms. The quantitative estimate of drug-likeness (QED) is 0.873. The molecule has 88 valence electrons. The lowest BCUT2D eigenvalue weighted by Crippen LogP contribution is -2.03. The van der Waals surface area contributed by atoms with Crippen LogP contribution < -0.4 is 10.5 Å². The second-order valence-electron chi connectivity index (χ2n) is 3.76. The van der Waals surface area contributed by atoms with Crippen LogP contribution in [0.5, 0.6) is 5.75 Å². The van der Waals surface area contributed by atoms with Gasteiger partial charge >= 0.3 is 0 Å². The van der Waals surface area contributed by atoms with Crippen molar-refractivity contribution in [2.45, 2.75) is 13.5 Å². The molecule has 0 saturated carbocycles. The summed E-state index contributed by atoms with van der Waals surface area (Å²) < 4.78 is 5.18. The predicted octanol–water partition coefficient (Wildman–Crippen LogP) is 1.92. The molecule has 0 atom stereocenters. The van der Waals surface area contributed by atoms with Crippen molar-refractivity contribution >= 4 is 0 Å². The van der Waals surface area contributed by atoms with Crippen molar-refractivity contribution in [3.05, 3.63) is 41.7 Å². The summed E-state index contributed by atoms with van der Waals surface area (Å²) in [4.78, 5) is 8.81. The number of nitrogens with two attached hydrogens (primary N) is 1. The van der Waals surface area contributed by atoms with Gasteiger partial charge < -0.3 is 10.5 Å². The maximum atomic E-state index is 5.61. The SMILES string of the molecule is COc1cccc(-c2nc(C)cc(CN)n2)c1. The third-order valence-electron chi connectivity index (χ3n) is 2.44. The van der Waals surface area contributed by atoms with Gasteiger partial charge in [-0.15, -0.1) is 0 Å². The van der Waals surface area contributed by atoms with E-state index in [-0.39, 0.29) is 0 Å². The number of rotatable bonds is 3. The molecule has 1 aromatic carbocycles. The Labute approximate surface area is 100 Å². The highest BCUT2D eigenvalue weighted by Gasteiger charge is 2.05. The fourth-order valence-electron chi connectivity index (χ4n) is 1.63. The van der Waals surface area contributed by atoms with Crippen LogP contribution in [0.25, 0.3) is 11.4 Å². The van der Waals surface area contributed by atoms with Crippen LogP contribution in [0.1, 0.15) is 11.4 Å². The highest BCUT2D eigenvalue weighted by Crippen LogP contribution is 2.21. The molecule has 4 nitrogen and oxygen atoms in total. The second kappa shape index (κ2) is 4.93. The molecular formula is C13H15N3O. The Morgan fingerprint density at radius 2 is 2.06 bits per heavy atom. The molecule has 2 N–H and O–H groups in total. The standard InChI is InChI=1S/C13H15N3O/c1-9-6-11(8-14)16-13(15-9)10-4-3-5-12(7-10)17-2/h3-7H,8,14H2,1-2H3. The summed E-state index contributed by atoms with van der Waals surface area (Å²) in [5.74, 6) is 1.48. The third-order valence-corrected chi connectivity index (χ3v) is 2.44. The van der Waals surface area contributed by atoms with Crippen LogP contribution in [-0.4, -0.2) is 17.1 Å². The van der Waals surface area contributed by atoms with E-state index in [1.807, 2.05) is 37.3 Å². The molecule has 0 unspecified atom stereocenters. The van der Waals surface area contributed by atoms with E-state index in [0.717, 1.165) is 22.7 Å². The minimum Gasteiger partial charge on any atom is -0.497 e. The third kappa shape index (κ3) is 2.60. The molecule has 0 saturated heterocycles. The van der Waals surface area contributed by atoms with Gasteiger partial charge in [0.05, 0.1) is 12.8 Å². The molecule has 0 aliphatic carbocycles. The molecule has 0 amide bonds. The van der Waals surface area contributed by atoms with Crippen molar-refractivity contribution in [2.75, 3.05) is 7.11 Å². The van der Waals surface area contributed by atoms with Gasteiger partial charge in [-0.05, 0) is 25.1 Å². The molecule has 0 bridgehead atoms. The highest BCUT2D eigenvalue weighted by molar-refractivity contribution is 5.57. The molecule has 2 aromatic rings. The maximum absolute atomic E-state index is 5.61. The zero-order valence-electron chi connectivity index (χ0n) is 9.97. The molecule has 0 aliphatic rings. The van der Waals surface area contributed by atoms with E-state index in [1.165, 1.54) is 0 Å². The summed E-state index contributed by atoms with van der Waals surface area (Å²) in [7, 11) is 1.64. The Balaban J connectivity index is 2.47. The van der Waals surface area contributed by atoms with Crippen molar-refractivity contribution in [1.29, 1.82) is 0 Å². The van der Waals surface area contributed by atoms with Crippen LogP contribution >= 0.6 is 0 Å². The second-order valence-corrected chi connectivity index (χ2v) is 3.76. The summed E-state index contributed by atoms with van der Waals surface area (Å²) in [6.45, 7) is 2.35. The Bertz CT molecular complexity index is 526. The first-order valence-corrected chi connectivity index (χ1v) is 5.42. The number of aryl methyl sites for hydroxylation is 1. The Morgan fingerprint density at radius 3 is 2.76 bits per heavy atom. The van der Waals surface area contributed by atoms with Gasteiger partial charge in [0.2, 0.25) is 0 Å². The lowest BCUT2D eigenvalue weighted by atomic mass is 10.2. The number of nitrogens with zero attached hydrogens (tertiary/aromatic N) is 2. The zero-order chi connectivity index (χ0) is 12.3. The topological polar surface area (TPSA) is 61.0 Å². The van der Waals surface area contributed by atoms with Gasteiger partial charge in [0.15, 0.2) is 5.82 Å². The average molecular weight is 229 g/mol. The van der Waals surface area contributed by atoms with Gasteiger partial charge in [0, 0.05) is 17.8 Å². The molecule has 0 fully saturated rings. The molecule has 1 heterocycles. The zero-order valence-corrected chi connectivity index (χ0v) is 9.97. The van der Waals surface area contributed by atoms with Gasteiger partial charge in [0.25, 0.3) is 0 Å². The summed E-state index contributed by atoms with van der Waals surface area (Å²) in [6, 6.07) is 9.57. The van der Waals surface area contributed by atoms with E-state index in [1.54, 1.807) is 7.11 Å². The van der Waals surface area contributed by atoms with Gasteiger partial charge in [-0.25, -0.2) is 9.97 Å². The molecule has 17 heavy (non-hydrogen) atoms. The monoisotopic (exact) mass is 229 g/mol. The van der Waals surface area contributed by atoms with Crippen molar-refractivity contribution < 1.29 is 4.74 Å². The molecule has 1 aromatic heterocycles. The van der Waals surface area contributed by atoms with E-state index in [0.29, 0.717) is 12.4 Å². The number of hydrogen-bond acceptors (Lipinski definition) is 4. The number of aromatic nitrogens is 2. The smallest absolute Gasteiger partial charge is 0.159 e. The molecule has 0 radical (unpaired) electrons. The van der Waals surface area contributed by atoms with E-state index < -0.39 is 0 Å². The lowest BCUT2D eigenvalue weighted by molar-refractivity contribution is 0.415. The largest absolute Gasteiger partial charge is 0.497 e. The van der Waals surface area contributed by atoms with Crippen molar-refractivity contribution in [3.63, 3.8) is 0 Å². The van der Waals surface area contributed by atoms with Gasteiger partial charge in [-0.1, -0.05) is 12.1 Å². The number of ether oxygens (including phenoxy) is 1. The summed E-state index contributed by atoms with van der Waals surface area (Å²) in [5.41, 5.74) is 8.30. The van der Waals surface area contributed by atoms with Gasteiger partial charge in [0.1, 0.15) is 5.75 Å². The van der Waals surface area contributed by atoms with Gasteiger partial charge in [-0.2, -0.15) is 0 Å². The minimum atomic E-state index is 0.417. The van der Waals surface area contributed by atoms with E-state index in [9.17, 15) is 0 Å². The molecular weight excluding hydrogens is 214 g/mol. The van der Waals surface area contributed by atoms with E-state index >= 15 is 0 Å². The van der Waals surface area contributed by atoms with Crippen LogP contribution in [0.2, 0.25) is 0 Å². The van der Waals surface area contributed by atoms with Gasteiger partial charge in [-0.3, -0.25) is 0 Å².